The Kier molecular flexibility index (Phi) is 3.52. The van der Waals surface area contributed by atoms with Crippen molar-refractivity contribution in [3.63, 3.8) is 0 Å². The quantitative estimate of drug-likeness (QED) is 0.757. The van der Waals surface area contributed by atoms with Crippen molar-refractivity contribution in [3.8, 4) is 0 Å². The lowest BCUT2D eigenvalue weighted by Gasteiger charge is -2.28. The fourth-order valence-electron chi connectivity index (χ4n) is 2.98. The molecule has 4 nitrogen and oxygen atoms in total. The van der Waals surface area contributed by atoms with Crippen molar-refractivity contribution in [1.29, 1.82) is 0 Å². The molecule has 0 heterocycles. The molecule has 2 aromatic rings. The molecule has 4 heteroatoms. The zero-order valence-corrected chi connectivity index (χ0v) is 11.8. The van der Waals surface area contributed by atoms with E-state index in [9.17, 15) is 4.79 Å². The van der Waals surface area contributed by atoms with Crippen LogP contribution in [0.4, 0.5) is 11.4 Å². The van der Waals surface area contributed by atoms with Gasteiger partial charge < -0.3 is 16.8 Å². The molecule has 1 atom stereocenters. The van der Waals surface area contributed by atoms with E-state index in [4.69, 9.17) is 11.5 Å². The van der Waals surface area contributed by atoms with E-state index in [0.717, 1.165) is 24.9 Å². The molecule has 0 spiro atoms. The van der Waals surface area contributed by atoms with Gasteiger partial charge in [-0.15, -0.1) is 0 Å². The topological polar surface area (TPSA) is 81.1 Å². The standard InChI is InChI=1S/C17H19N3O/c18-12-8-9-16(14(10-12)17(19)21)20-15-7-3-5-11-4-1-2-6-13(11)15/h1-2,4,6,8-10,15,20H,3,5,7,18H2,(H2,19,21). The fourth-order valence-corrected chi connectivity index (χ4v) is 2.98. The van der Waals surface area contributed by atoms with Crippen LogP contribution in [-0.4, -0.2) is 5.91 Å². The summed E-state index contributed by atoms with van der Waals surface area (Å²) in [5.74, 6) is -0.464. The summed E-state index contributed by atoms with van der Waals surface area (Å²) < 4.78 is 0. The van der Waals surface area contributed by atoms with Crippen LogP contribution in [0.5, 0.6) is 0 Å². The second-order valence-electron chi connectivity index (χ2n) is 5.46. The first-order chi connectivity index (χ1) is 10.1. The summed E-state index contributed by atoms with van der Waals surface area (Å²) in [5, 5.41) is 3.46. The number of anilines is 2. The summed E-state index contributed by atoms with van der Waals surface area (Å²) in [7, 11) is 0. The van der Waals surface area contributed by atoms with Crippen molar-refractivity contribution >= 4 is 17.3 Å². The number of nitrogen functional groups attached to an aromatic ring is 1. The van der Waals surface area contributed by atoms with Crippen molar-refractivity contribution in [2.45, 2.75) is 25.3 Å². The van der Waals surface area contributed by atoms with Crippen molar-refractivity contribution in [3.05, 3.63) is 59.2 Å². The van der Waals surface area contributed by atoms with Gasteiger partial charge in [0.2, 0.25) is 0 Å². The Balaban J connectivity index is 1.93. The molecule has 0 bridgehead atoms. The van der Waals surface area contributed by atoms with Crippen LogP contribution >= 0.6 is 0 Å². The molecule has 0 aliphatic heterocycles. The van der Waals surface area contributed by atoms with Crippen LogP contribution in [0, 0.1) is 0 Å². The highest BCUT2D eigenvalue weighted by Crippen LogP contribution is 2.33. The average molecular weight is 281 g/mol. The second-order valence-corrected chi connectivity index (χ2v) is 5.46. The maximum atomic E-state index is 11.6. The van der Waals surface area contributed by atoms with Gasteiger partial charge in [0.15, 0.2) is 0 Å². The average Bonchev–Trinajstić information content (AvgIpc) is 2.49. The number of nitrogens with two attached hydrogens (primary N) is 2. The van der Waals surface area contributed by atoms with Gasteiger partial charge >= 0.3 is 0 Å². The number of nitrogens with one attached hydrogen (secondary N) is 1. The highest BCUT2D eigenvalue weighted by atomic mass is 16.1. The molecule has 2 aromatic carbocycles. The molecule has 0 radical (unpaired) electrons. The molecule has 108 valence electrons. The molecular formula is C17H19N3O. The SMILES string of the molecule is NC(=O)c1cc(N)ccc1NC1CCCc2ccccc21. The van der Waals surface area contributed by atoms with Crippen LogP contribution in [0.3, 0.4) is 0 Å². The number of carbonyl (C=O) groups is 1. The molecule has 3 rings (SSSR count). The van der Waals surface area contributed by atoms with E-state index in [2.05, 4.69) is 29.6 Å². The fraction of sp³-hybridized carbons (Fsp3) is 0.235. The molecule has 0 saturated heterocycles. The van der Waals surface area contributed by atoms with E-state index in [1.165, 1.54) is 11.1 Å². The number of aryl methyl sites for hydroxylation is 1. The Bertz CT molecular complexity index is 681. The van der Waals surface area contributed by atoms with Crippen LogP contribution in [0.25, 0.3) is 0 Å². The first-order valence-corrected chi connectivity index (χ1v) is 7.19. The summed E-state index contributed by atoms with van der Waals surface area (Å²) in [6, 6.07) is 13.9. The number of amides is 1. The van der Waals surface area contributed by atoms with Gasteiger partial charge in [-0.2, -0.15) is 0 Å². The van der Waals surface area contributed by atoms with E-state index in [1.54, 1.807) is 12.1 Å². The Hall–Kier alpha value is -2.49. The molecule has 21 heavy (non-hydrogen) atoms. The molecular weight excluding hydrogens is 262 g/mol. The predicted molar refractivity (Wildman–Crippen MR) is 85.1 cm³/mol. The van der Waals surface area contributed by atoms with Crippen molar-refractivity contribution in [2.75, 3.05) is 11.1 Å². The van der Waals surface area contributed by atoms with Crippen molar-refractivity contribution in [2.24, 2.45) is 5.73 Å². The van der Waals surface area contributed by atoms with Gasteiger partial charge in [0.25, 0.3) is 5.91 Å². The van der Waals surface area contributed by atoms with Gasteiger partial charge in [0.05, 0.1) is 11.6 Å². The molecule has 1 amide bonds. The number of hydrogen-bond acceptors (Lipinski definition) is 3. The number of hydrogen-bond donors (Lipinski definition) is 3. The van der Waals surface area contributed by atoms with E-state index < -0.39 is 5.91 Å². The monoisotopic (exact) mass is 281 g/mol. The van der Waals surface area contributed by atoms with Crippen molar-refractivity contribution < 1.29 is 4.79 Å². The van der Waals surface area contributed by atoms with Crippen LogP contribution in [0.15, 0.2) is 42.5 Å². The third kappa shape index (κ3) is 2.70. The van der Waals surface area contributed by atoms with Gasteiger partial charge in [0, 0.05) is 11.4 Å². The first-order valence-electron chi connectivity index (χ1n) is 7.19. The summed E-state index contributed by atoms with van der Waals surface area (Å²) in [6.45, 7) is 0. The number of carbonyl (C=O) groups excluding carboxylic acids is 1. The zero-order valence-electron chi connectivity index (χ0n) is 11.8. The largest absolute Gasteiger partial charge is 0.399 e. The van der Waals surface area contributed by atoms with Crippen LogP contribution < -0.4 is 16.8 Å². The molecule has 5 N–H and O–H groups in total. The summed E-state index contributed by atoms with van der Waals surface area (Å²) in [5.41, 5.74) is 15.6. The normalized spacial score (nSPS) is 17.0. The van der Waals surface area contributed by atoms with E-state index in [1.807, 2.05) is 6.07 Å². The number of primary amides is 1. The minimum atomic E-state index is -0.464. The van der Waals surface area contributed by atoms with Crippen LogP contribution in [0.2, 0.25) is 0 Å². The van der Waals surface area contributed by atoms with E-state index in [-0.39, 0.29) is 6.04 Å². The number of benzene rings is 2. The Morgan fingerprint density at radius 2 is 2.00 bits per heavy atom. The van der Waals surface area contributed by atoms with Gasteiger partial charge in [0.1, 0.15) is 0 Å². The predicted octanol–water partition coefficient (Wildman–Crippen LogP) is 2.86. The van der Waals surface area contributed by atoms with Gasteiger partial charge in [-0.25, -0.2) is 0 Å². The maximum Gasteiger partial charge on any atom is 0.250 e. The third-order valence-corrected chi connectivity index (χ3v) is 4.01. The summed E-state index contributed by atoms with van der Waals surface area (Å²) >= 11 is 0. The Labute approximate surface area is 124 Å². The minimum absolute atomic E-state index is 0.205. The van der Waals surface area contributed by atoms with E-state index >= 15 is 0 Å². The molecule has 1 aliphatic rings. The van der Waals surface area contributed by atoms with Crippen LogP contribution in [-0.2, 0) is 6.42 Å². The van der Waals surface area contributed by atoms with Crippen molar-refractivity contribution in [1.82, 2.24) is 0 Å². The molecule has 1 unspecified atom stereocenters. The third-order valence-electron chi connectivity index (χ3n) is 4.01. The van der Waals surface area contributed by atoms with Gasteiger partial charge in [-0.1, -0.05) is 24.3 Å². The lowest BCUT2D eigenvalue weighted by atomic mass is 9.87. The zero-order chi connectivity index (χ0) is 14.8. The number of fused-ring (bicyclic) bond motifs is 1. The minimum Gasteiger partial charge on any atom is -0.399 e. The molecule has 0 saturated carbocycles. The molecule has 0 fully saturated rings. The van der Waals surface area contributed by atoms with Crippen LogP contribution in [0.1, 0.15) is 40.4 Å². The van der Waals surface area contributed by atoms with Gasteiger partial charge in [-0.3, -0.25) is 4.79 Å². The summed E-state index contributed by atoms with van der Waals surface area (Å²) in [4.78, 5) is 11.6. The highest BCUT2D eigenvalue weighted by Gasteiger charge is 2.21. The Morgan fingerprint density at radius 1 is 1.19 bits per heavy atom. The van der Waals surface area contributed by atoms with E-state index in [0.29, 0.717) is 11.3 Å². The second kappa shape index (κ2) is 5.48. The molecule has 1 aliphatic carbocycles. The maximum absolute atomic E-state index is 11.6. The first kappa shape index (κ1) is 13.5. The smallest absolute Gasteiger partial charge is 0.250 e. The number of rotatable bonds is 3. The van der Waals surface area contributed by atoms with Gasteiger partial charge in [-0.05, 0) is 48.6 Å². The lowest BCUT2D eigenvalue weighted by Crippen LogP contribution is -2.20. The highest BCUT2D eigenvalue weighted by molar-refractivity contribution is 5.99. The molecule has 0 aromatic heterocycles. The summed E-state index contributed by atoms with van der Waals surface area (Å²) in [6.07, 6.45) is 3.29. The Morgan fingerprint density at radius 3 is 2.81 bits per heavy atom. The lowest BCUT2D eigenvalue weighted by molar-refractivity contribution is 0.100.